The van der Waals surface area contributed by atoms with Crippen molar-refractivity contribution in [2.45, 2.75) is 39.2 Å². The molecule has 0 aromatic heterocycles. The van der Waals surface area contributed by atoms with E-state index in [0.29, 0.717) is 18.0 Å². The topological polar surface area (TPSA) is 73.6 Å². The summed E-state index contributed by atoms with van der Waals surface area (Å²) in [6, 6.07) is 5.69. The zero-order valence-corrected chi connectivity index (χ0v) is 12.7. The molecule has 20 heavy (non-hydrogen) atoms. The highest BCUT2D eigenvalue weighted by molar-refractivity contribution is 5.87. The first-order valence-electron chi connectivity index (χ1n) is 6.72. The normalized spacial score (nSPS) is 11.1. The van der Waals surface area contributed by atoms with E-state index in [1.807, 2.05) is 39.0 Å². The molecule has 5 heteroatoms. The van der Waals surface area contributed by atoms with Crippen LogP contribution in [0.25, 0.3) is 0 Å². The van der Waals surface area contributed by atoms with Gasteiger partial charge in [-0.15, -0.1) is 0 Å². The maximum absolute atomic E-state index is 11.8. The van der Waals surface area contributed by atoms with E-state index in [1.54, 1.807) is 7.11 Å². The van der Waals surface area contributed by atoms with E-state index in [-0.39, 0.29) is 0 Å². The van der Waals surface area contributed by atoms with Gasteiger partial charge in [-0.1, -0.05) is 6.07 Å². The SMILES string of the molecule is COc1ccc(CCCN)cc1NC(=O)OC(C)(C)C. The molecule has 1 amide bonds. The standard InChI is InChI=1S/C15H24N2O3/c1-15(2,3)20-14(18)17-12-10-11(6-5-9-16)7-8-13(12)19-4/h7-8,10H,5-6,9,16H2,1-4H3,(H,17,18). The summed E-state index contributed by atoms with van der Waals surface area (Å²) in [5, 5.41) is 2.72. The molecule has 0 aliphatic carbocycles. The molecule has 1 rings (SSSR count). The van der Waals surface area contributed by atoms with Crippen molar-refractivity contribution in [2.24, 2.45) is 5.73 Å². The lowest BCUT2D eigenvalue weighted by atomic mass is 10.1. The van der Waals surface area contributed by atoms with Crippen molar-refractivity contribution in [1.82, 2.24) is 0 Å². The molecule has 0 heterocycles. The van der Waals surface area contributed by atoms with Crippen LogP contribution in [0.4, 0.5) is 10.5 Å². The van der Waals surface area contributed by atoms with Crippen molar-refractivity contribution < 1.29 is 14.3 Å². The van der Waals surface area contributed by atoms with Crippen LogP contribution in [0.3, 0.4) is 0 Å². The average molecular weight is 280 g/mol. The van der Waals surface area contributed by atoms with Gasteiger partial charge in [0.1, 0.15) is 11.4 Å². The Labute approximate surface area is 120 Å². The van der Waals surface area contributed by atoms with Gasteiger partial charge in [-0.2, -0.15) is 0 Å². The van der Waals surface area contributed by atoms with Crippen molar-refractivity contribution in [2.75, 3.05) is 19.0 Å². The number of benzene rings is 1. The molecule has 5 nitrogen and oxygen atoms in total. The van der Waals surface area contributed by atoms with E-state index in [2.05, 4.69) is 5.32 Å². The Hall–Kier alpha value is -1.75. The fraction of sp³-hybridized carbons (Fsp3) is 0.533. The summed E-state index contributed by atoms with van der Waals surface area (Å²) in [5.74, 6) is 0.604. The summed E-state index contributed by atoms with van der Waals surface area (Å²) >= 11 is 0. The van der Waals surface area contributed by atoms with Crippen LogP contribution in [0.2, 0.25) is 0 Å². The van der Waals surface area contributed by atoms with Crippen molar-refractivity contribution in [1.29, 1.82) is 0 Å². The van der Waals surface area contributed by atoms with E-state index in [9.17, 15) is 4.79 Å². The van der Waals surface area contributed by atoms with Crippen LogP contribution in [-0.4, -0.2) is 25.3 Å². The zero-order chi connectivity index (χ0) is 15.2. The summed E-state index contributed by atoms with van der Waals surface area (Å²) in [4.78, 5) is 11.8. The lowest BCUT2D eigenvalue weighted by molar-refractivity contribution is 0.0635. The molecule has 112 valence electrons. The average Bonchev–Trinajstić information content (AvgIpc) is 2.34. The summed E-state index contributed by atoms with van der Waals surface area (Å²) < 4.78 is 10.5. The van der Waals surface area contributed by atoms with Gasteiger partial charge in [0, 0.05) is 0 Å². The van der Waals surface area contributed by atoms with E-state index in [1.165, 1.54) is 0 Å². The van der Waals surface area contributed by atoms with Crippen LogP contribution in [-0.2, 0) is 11.2 Å². The lowest BCUT2D eigenvalue weighted by Gasteiger charge is -2.20. The number of anilines is 1. The Kier molecular flexibility index (Phi) is 5.82. The van der Waals surface area contributed by atoms with Gasteiger partial charge in [0.15, 0.2) is 0 Å². The molecule has 3 N–H and O–H groups in total. The lowest BCUT2D eigenvalue weighted by Crippen LogP contribution is -2.27. The van der Waals surface area contributed by atoms with Gasteiger partial charge in [-0.25, -0.2) is 4.79 Å². The van der Waals surface area contributed by atoms with Gasteiger partial charge >= 0.3 is 6.09 Å². The minimum Gasteiger partial charge on any atom is -0.495 e. The third kappa shape index (κ3) is 5.48. The van der Waals surface area contributed by atoms with Crippen LogP contribution < -0.4 is 15.8 Å². The fourth-order valence-electron chi connectivity index (χ4n) is 1.73. The highest BCUT2D eigenvalue weighted by Crippen LogP contribution is 2.26. The molecule has 0 saturated heterocycles. The monoisotopic (exact) mass is 280 g/mol. The van der Waals surface area contributed by atoms with Crippen molar-refractivity contribution in [3.63, 3.8) is 0 Å². The molecule has 0 aliphatic heterocycles. The first-order chi connectivity index (χ1) is 9.35. The Morgan fingerprint density at radius 2 is 2.05 bits per heavy atom. The molecule has 0 radical (unpaired) electrons. The third-order valence-electron chi connectivity index (χ3n) is 2.57. The first kappa shape index (κ1) is 16.3. The number of hydrogen-bond donors (Lipinski definition) is 2. The van der Waals surface area contributed by atoms with Gasteiger partial charge in [0.2, 0.25) is 0 Å². The quantitative estimate of drug-likeness (QED) is 0.869. The summed E-state index contributed by atoms with van der Waals surface area (Å²) in [7, 11) is 1.56. The second kappa shape index (κ2) is 7.14. The molecular formula is C15H24N2O3. The third-order valence-corrected chi connectivity index (χ3v) is 2.57. The Bertz CT molecular complexity index is 453. The minimum absolute atomic E-state index is 0.494. The van der Waals surface area contributed by atoms with Gasteiger partial charge in [-0.05, 0) is 57.9 Å². The molecule has 0 unspecified atom stereocenters. The summed E-state index contributed by atoms with van der Waals surface area (Å²) in [6.45, 7) is 6.10. The number of methoxy groups -OCH3 is 1. The smallest absolute Gasteiger partial charge is 0.412 e. The largest absolute Gasteiger partial charge is 0.495 e. The fourth-order valence-corrected chi connectivity index (χ4v) is 1.73. The van der Waals surface area contributed by atoms with Crippen LogP contribution in [0.5, 0.6) is 5.75 Å². The second-order valence-corrected chi connectivity index (χ2v) is 5.55. The van der Waals surface area contributed by atoms with Crippen LogP contribution in [0.15, 0.2) is 18.2 Å². The number of ether oxygens (including phenoxy) is 2. The second-order valence-electron chi connectivity index (χ2n) is 5.55. The molecule has 0 bridgehead atoms. The van der Waals surface area contributed by atoms with E-state index < -0.39 is 11.7 Å². The Morgan fingerprint density at radius 3 is 2.60 bits per heavy atom. The number of rotatable bonds is 5. The number of aryl methyl sites for hydroxylation is 1. The molecule has 1 aromatic rings. The van der Waals surface area contributed by atoms with E-state index in [4.69, 9.17) is 15.2 Å². The maximum atomic E-state index is 11.8. The van der Waals surface area contributed by atoms with Crippen molar-refractivity contribution >= 4 is 11.8 Å². The Balaban J connectivity index is 2.82. The number of amides is 1. The molecule has 0 spiro atoms. The van der Waals surface area contributed by atoms with E-state index in [0.717, 1.165) is 18.4 Å². The number of carbonyl (C=O) groups is 1. The molecular weight excluding hydrogens is 256 g/mol. The predicted molar refractivity (Wildman–Crippen MR) is 80.2 cm³/mol. The molecule has 0 saturated carbocycles. The van der Waals surface area contributed by atoms with Crippen LogP contribution in [0, 0.1) is 0 Å². The number of nitrogens with one attached hydrogen (secondary N) is 1. The van der Waals surface area contributed by atoms with Crippen LogP contribution >= 0.6 is 0 Å². The highest BCUT2D eigenvalue weighted by atomic mass is 16.6. The number of carbonyl (C=O) groups excluding carboxylic acids is 1. The van der Waals surface area contributed by atoms with Gasteiger partial charge in [0.05, 0.1) is 12.8 Å². The van der Waals surface area contributed by atoms with Crippen molar-refractivity contribution in [3.05, 3.63) is 23.8 Å². The summed E-state index contributed by atoms with van der Waals surface area (Å²) in [5.41, 5.74) is 6.68. The Morgan fingerprint density at radius 1 is 1.35 bits per heavy atom. The van der Waals surface area contributed by atoms with Gasteiger partial charge in [-0.3, -0.25) is 5.32 Å². The van der Waals surface area contributed by atoms with Crippen molar-refractivity contribution in [3.8, 4) is 5.75 Å². The summed E-state index contributed by atoms with van der Waals surface area (Å²) in [6.07, 6.45) is 1.27. The van der Waals surface area contributed by atoms with E-state index >= 15 is 0 Å². The number of nitrogens with two attached hydrogens (primary N) is 1. The molecule has 1 aromatic carbocycles. The minimum atomic E-state index is -0.533. The highest BCUT2D eigenvalue weighted by Gasteiger charge is 2.17. The predicted octanol–water partition coefficient (Wildman–Crippen LogP) is 2.93. The van der Waals surface area contributed by atoms with Gasteiger partial charge < -0.3 is 15.2 Å². The van der Waals surface area contributed by atoms with Crippen LogP contribution in [0.1, 0.15) is 32.8 Å². The molecule has 0 fully saturated rings. The molecule has 0 atom stereocenters. The zero-order valence-electron chi connectivity index (χ0n) is 12.7. The number of hydrogen-bond acceptors (Lipinski definition) is 4. The first-order valence-corrected chi connectivity index (χ1v) is 6.72. The maximum Gasteiger partial charge on any atom is 0.412 e. The molecule has 0 aliphatic rings. The van der Waals surface area contributed by atoms with Gasteiger partial charge in [0.25, 0.3) is 0 Å².